The number of alkyl halides is 1. The normalized spacial score (nSPS) is 22.1. The Bertz CT molecular complexity index is 70.8. The van der Waals surface area contributed by atoms with Crippen molar-refractivity contribution in [1.82, 2.24) is 0 Å². The maximum absolute atomic E-state index is 9.02. The summed E-state index contributed by atoms with van der Waals surface area (Å²) in [5, 5.41) is 17.8. The van der Waals surface area contributed by atoms with Crippen molar-refractivity contribution < 1.29 is 10.2 Å². The van der Waals surface area contributed by atoms with Crippen molar-refractivity contribution in [3.05, 3.63) is 0 Å². The van der Waals surface area contributed by atoms with Crippen LogP contribution in [-0.2, 0) is 0 Å². The lowest BCUT2D eigenvalue weighted by molar-refractivity contribution is -0.0348. The number of hydrogen-bond acceptors (Lipinski definition) is 2. The molecule has 0 fully saturated rings. The Balaban J connectivity index is 3.71. The van der Waals surface area contributed by atoms with Crippen LogP contribution in [0.1, 0.15) is 13.8 Å². The highest BCUT2D eigenvalue weighted by atomic mass is 35.5. The molecule has 2 nitrogen and oxygen atoms in total. The Morgan fingerprint density at radius 3 is 2.12 bits per heavy atom. The third-order valence-electron chi connectivity index (χ3n) is 1.17. The van der Waals surface area contributed by atoms with E-state index >= 15 is 0 Å². The smallest absolute Gasteiger partial charge is 0.101 e. The molecule has 0 aliphatic heterocycles. The molecule has 50 valence electrons. The average molecular weight is 139 g/mol. The summed E-state index contributed by atoms with van der Waals surface area (Å²) in [6.45, 7) is 2.99. The van der Waals surface area contributed by atoms with Crippen LogP contribution in [0.2, 0.25) is 0 Å². The van der Waals surface area contributed by atoms with Crippen molar-refractivity contribution in [2.45, 2.75) is 25.6 Å². The summed E-state index contributed by atoms with van der Waals surface area (Å²) in [7, 11) is 0. The molecule has 0 aromatic heterocycles. The monoisotopic (exact) mass is 138 g/mol. The van der Waals surface area contributed by atoms with Gasteiger partial charge in [0.05, 0.1) is 12.0 Å². The second kappa shape index (κ2) is 2.67. The number of aliphatic hydroxyl groups is 2. The SMILES string of the molecule is CC(O)C(C)(O)CCl. The molecule has 3 heteroatoms. The van der Waals surface area contributed by atoms with Crippen molar-refractivity contribution in [1.29, 1.82) is 0 Å². The fourth-order valence-corrected chi connectivity index (χ4v) is 0.335. The van der Waals surface area contributed by atoms with E-state index in [0.29, 0.717) is 0 Å². The molecule has 0 saturated heterocycles. The molecular formula is C5H11ClO2. The van der Waals surface area contributed by atoms with Gasteiger partial charge in [-0.2, -0.15) is 0 Å². The van der Waals surface area contributed by atoms with Crippen LogP contribution in [0, 0.1) is 0 Å². The van der Waals surface area contributed by atoms with Gasteiger partial charge in [-0.3, -0.25) is 0 Å². The summed E-state index contributed by atoms with van der Waals surface area (Å²) >= 11 is 5.28. The molecule has 0 amide bonds. The molecule has 0 spiro atoms. The number of aliphatic hydroxyl groups excluding tert-OH is 1. The summed E-state index contributed by atoms with van der Waals surface area (Å²) < 4.78 is 0. The van der Waals surface area contributed by atoms with E-state index in [4.69, 9.17) is 21.8 Å². The lowest BCUT2D eigenvalue weighted by Crippen LogP contribution is -2.38. The number of hydrogen-bond donors (Lipinski definition) is 2. The summed E-state index contributed by atoms with van der Waals surface area (Å²) in [5.74, 6) is 0.0602. The molecule has 2 N–H and O–H groups in total. The standard InChI is InChI=1S/C5H11ClO2/c1-4(7)5(2,8)3-6/h4,7-8H,3H2,1-2H3. The van der Waals surface area contributed by atoms with Gasteiger partial charge in [0.25, 0.3) is 0 Å². The van der Waals surface area contributed by atoms with Gasteiger partial charge in [0.15, 0.2) is 0 Å². The summed E-state index contributed by atoms with van der Waals surface area (Å²) in [5.41, 5.74) is -1.14. The van der Waals surface area contributed by atoms with Gasteiger partial charge in [-0.05, 0) is 13.8 Å². The highest BCUT2D eigenvalue weighted by Gasteiger charge is 2.24. The van der Waals surface area contributed by atoms with E-state index in [0.717, 1.165) is 0 Å². The first-order valence-electron chi connectivity index (χ1n) is 2.47. The maximum Gasteiger partial charge on any atom is 0.101 e. The fourth-order valence-electron chi connectivity index (χ4n) is 0.112. The second-order valence-electron chi connectivity index (χ2n) is 2.17. The fraction of sp³-hybridized carbons (Fsp3) is 1.00. The maximum atomic E-state index is 9.02. The first kappa shape index (κ1) is 8.21. The van der Waals surface area contributed by atoms with Crippen LogP contribution >= 0.6 is 11.6 Å². The van der Waals surface area contributed by atoms with Gasteiger partial charge in [-0.25, -0.2) is 0 Å². The first-order chi connectivity index (χ1) is 3.50. The molecule has 0 aliphatic carbocycles. The molecular weight excluding hydrogens is 128 g/mol. The molecule has 8 heavy (non-hydrogen) atoms. The lowest BCUT2D eigenvalue weighted by atomic mass is 10.0. The van der Waals surface area contributed by atoms with E-state index in [9.17, 15) is 0 Å². The molecule has 2 unspecified atom stereocenters. The zero-order valence-corrected chi connectivity index (χ0v) is 5.81. The largest absolute Gasteiger partial charge is 0.390 e. The minimum absolute atomic E-state index is 0.0602. The van der Waals surface area contributed by atoms with Crippen LogP contribution in [0.4, 0.5) is 0 Å². The molecule has 0 aromatic rings. The van der Waals surface area contributed by atoms with Crippen LogP contribution in [0.5, 0.6) is 0 Å². The second-order valence-corrected chi connectivity index (χ2v) is 2.43. The van der Waals surface area contributed by atoms with Crippen LogP contribution in [0.15, 0.2) is 0 Å². The van der Waals surface area contributed by atoms with Crippen LogP contribution < -0.4 is 0 Å². The van der Waals surface area contributed by atoms with E-state index in [-0.39, 0.29) is 5.88 Å². The van der Waals surface area contributed by atoms with Crippen LogP contribution in [0.3, 0.4) is 0 Å². The molecule has 0 radical (unpaired) electrons. The topological polar surface area (TPSA) is 40.5 Å². The quantitative estimate of drug-likeness (QED) is 0.541. The van der Waals surface area contributed by atoms with Gasteiger partial charge in [-0.15, -0.1) is 11.6 Å². The van der Waals surface area contributed by atoms with Gasteiger partial charge in [0, 0.05) is 0 Å². The lowest BCUT2D eigenvalue weighted by Gasteiger charge is -2.22. The molecule has 0 saturated carbocycles. The Hall–Kier alpha value is 0.210. The first-order valence-corrected chi connectivity index (χ1v) is 3.00. The van der Waals surface area contributed by atoms with Crippen molar-refractivity contribution in [2.24, 2.45) is 0 Å². The van der Waals surface area contributed by atoms with E-state index < -0.39 is 11.7 Å². The number of halogens is 1. The van der Waals surface area contributed by atoms with Crippen molar-refractivity contribution in [2.75, 3.05) is 5.88 Å². The minimum Gasteiger partial charge on any atom is -0.390 e. The van der Waals surface area contributed by atoms with Gasteiger partial charge in [-0.1, -0.05) is 0 Å². The molecule has 0 aromatic carbocycles. The summed E-state index contributed by atoms with van der Waals surface area (Å²) in [4.78, 5) is 0. The summed E-state index contributed by atoms with van der Waals surface area (Å²) in [6.07, 6.45) is -0.764. The minimum atomic E-state index is -1.14. The molecule has 0 rings (SSSR count). The van der Waals surface area contributed by atoms with Crippen molar-refractivity contribution in [3.8, 4) is 0 Å². The van der Waals surface area contributed by atoms with Crippen LogP contribution in [0.25, 0.3) is 0 Å². The van der Waals surface area contributed by atoms with Crippen molar-refractivity contribution >= 4 is 11.6 Å². The third kappa shape index (κ3) is 1.99. The molecule has 2 atom stereocenters. The van der Waals surface area contributed by atoms with E-state index in [1.165, 1.54) is 13.8 Å². The van der Waals surface area contributed by atoms with Gasteiger partial charge in [0.1, 0.15) is 5.60 Å². The molecule has 0 bridgehead atoms. The predicted molar refractivity (Wildman–Crippen MR) is 33.0 cm³/mol. The highest BCUT2D eigenvalue weighted by Crippen LogP contribution is 2.10. The third-order valence-corrected chi connectivity index (χ3v) is 1.71. The van der Waals surface area contributed by atoms with Gasteiger partial charge < -0.3 is 10.2 Å². The molecule has 0 aliphatic rings. The Labute approximate surface area is 54.1 Å². The Kier molecular flexibility index (Phi) is 2.74. The predicted octanol–water partition coefficient (Wildman–Crippen LogP) is 0.357. The van der Waals surface area contributed by atoms with Gasteiger partial charge >= 0.3 is 0 Å². The van der Waals surface area contributed by atoms with Gasteiger partial charge in [0.2, 0.25) is 0 Å². The van der Waals surface area contributed by atoms with E-state index in [1.54, 1.807) is 0 Å². The average Bonchev–Trinajstić information content (AvgIpc) is 1.67. The van der Waals surface area contributed by atoms with E-state index in [1.807, 2.05) is 0 Å². The van der Waals surface area contributed by atoms with Crippen molar-refractivity contribution in [3.63, 3.8) is 0 Å². The van der Waals surface area contributed by atoms with E-state index in [2.05, 4.69) is 0 Å². The number of rotatable bonds is 2. The van der Waals surface area contributed by atoms with Crippen LogP contribution in [-0.4, -0.2) is 27.8 Å². The Morgan fingerprint density at radius 2 is 2.12 bits per heavy atom. The zero-order valence-electron chi connectivity index (χ0n) is 5.06. The highest BCUT2D eigenvalue weighted by molar-refractivity contribution is 6.18. The zero-order chi connectivity index (χ0) is 6.78. The Morgan fingerprint density at radius 1 is 1.75 bits per heavy atom. The summed E-state index contributed by atoms with van der Waals surface area (Å²) in [6, 6.07) is 0. The molecule has 0 heterocycles.